The topological polar surface area (TPSA) is 299 Å². The van der Waals surface area contributed by atoms with Gasteiger partial charge in [-0.15, -0.1) is 0 Å². The Balaban J connectivity index is 0.000000241. The number of hydrogen-bond acceptors (Lipinski definition) is 13. The van der Waals surface area contributed by atoms with Crippen LogP contribution in [-0.4, -0.2) is 70.7 Å². The van der Waals surface area contributed by atoms with E-state index in [-0.39, 0.29) is 55.0 Å². The molecule has 1 unspecified atom stereocenters. The Morgan fingerprint density at radius 3 is 1.35 bits per heavy atom. The molecule has 8 aromatic rings. The summed E-state index contributed by atoms with van der Waals surface area (Å²) in [5.74, 6) is -2.86. The number of aromatic nitrogens is 4. The van der Waals surface area contributed by atoms with Gasteiger partial charge in [-0.25, -0.2) is 37.5 Å². The molecule has 19 nitrogen and oxygen atoms in total. The summed E-state index contributed by atoms with van der Waals surface area (Å²) in [6.07, 6.45) is -1.38. The van der Waals surface area contributed by atoms with E-state index >= 15 is 0 Å². The molecule has 440 valence electrons. The highest BCUT2D eigenvalue weighted by Gasteiger charge is 2.25. The maximum atomic E-state index is 13.9. The van der Waals surface area contributed by atoms with Crippen molar-refractivity contribution in [3.8, 4) is 11.4 Å². The van der Waals surface area contributed by atoms with Crippen molar-refractivity contribution in [2.24, 2.45) is 5.73 Å². The third-order valence-electron chi connectivity index (χ3n) is 10.6. The minimum atomic E-state index is -1.10. The molecule has 3 atom stereocenters. The number of rotatable bonds is 8. The summed E-state index contributed by atoms with van der Waals surface area (Å²) in [4.78, 5) is 79.1. The Morgan fingerprint density at radius 1 is 0.578 bits per heavy atom. The Hall–Kier alpha value is -8.70. The third-order valence-corrected chi connectivity index (χ3v) is 11.6. The Bertz CT molecular complexity index is 3720. The van der Waals surface area contributed by atoms with Crippen LogP contribution in [0.2, 0.25) is 15.1 Å². The summed E-state index contributed by atoms with van der Waals surface area (Å²) in [5, 5.41) is 23.1. The number of halogens is 6. The third kappa shape index (κ3) is 19.8. The van der Waals surface area contributed by atoms with Crippen LogP contribution < -0.4 is 39.0 Å². The van der Waals surface area contributed by atoms with E-state index in [9.17, 15) is 41.9 Å². The van der Waals surface area contributed by atoms with Crippen LogP contribution in [-0.2, 0) is 14.3 Å². The fraction of sp³-hybridized carbons (Fsp3) is 0.241. The standard InChI is InChI=1S/C21H21ClFN3O3.C16H13ClFN3O.C8H15NO4.C7H6ClNO2.C6H6FN/c1-12(24-20(28)29-21(2,3)4)18-25-16-10-6-9-15(22)17(16)19(27)26(18)14-8-5-7-13(23)11-14;1-9(19)15-20-13-7-3-6-12(17)14(13)16(22)21(15)11-5-2-4-10(18)8-11;1-5(6(10)11)9-7(12)13-8(2,3)4;8-4-2-1-3-5(9)6(4)7(10)11;7-5-2-1-3-6(8)4-5/h5-12H,1-4H3,(H,24,28);2-9H,19H2,1H3;5H,1-4H3,(H,9,12)(H,10,11);1-3H,9H2,(H,10,11);1-4H,8H2/t12-;9-;;;/m00.../s1. The van der Waals surface area contributed by atoms with Crippen molar-refractivity contribution in [3.05, 3.63) is 198 Å². The molecule has 0 aliphatic rings. The number of nitrogens with two attached hydrogens (primary N) is 3. The lowest BCUT2D eigenvalue weighted by Crippen LogP contribution is -2.41. The molecule has 0 saturated heterocycles. The molecule has 0 saturated carbocycles. The predicted octanol–water partition coefficient (Wildman–Crippen LogP) is 12.0. The number of carboxylic acids is 2. The average molecular weight is 1210 g/mol. The fourth-order valence-electron chi connectivity index (χ4n) is 7.11. The SMILES string of the molecule is CC(NC(=O)OC(C)(C)C)C(=O)O.C[C@H](N)c1nc2cccc(Cl)c2c(=O)n1-c1cccc(F)c1.C[C@H](NC(=O)OC(C)(C)C)c1nc2cccc(Cl)c2c(=O)n1-c1cccc(F)c1.Nc1cccc(Cl)c1C(=O)O.Nc1cccc(F)c1. The number of aliphatic carboxylic acids is 1. The van der Waals surface area contributed by atoms with Gasteiger partial charge in [0.25, 0.3) is 11.1 Å². The molecule has 2 heterocycles. The summed E-state index contributed by atoms with van der Waals surface area (Å²) in [6.45, 7) is 15.1. The van der Waals surface area contributed by atoms with E-state index in [1.165, 1.54) is 76.7 Å². The lowest BCUT2D eigenvalue weighted by Gasteiger charge is -2.23. The normalized spacial score (nSPS) is 12.0. The molecule has 2 amide bonds. The Labute approximate surface area is 489 Å². The number of anilines is 2. The first-order valence-electron chi connectivity index (χ1n) is 24.9. The van der Waals surface area contributed by atoms with Gasteiger partial charge in [0.2, 0.25) is 0 Å². The van der Waals surface area contributed by atoms with Crippen LogP contribution in [0.15, 0.2) is 137 Å². The van der Waals surface area contributed by atoms with Gasteiger partial charge in [-0.3, -0.25) is 23.5 Å². The molecule has 0 spiro atoms. The van der Waals surface area contributed by atoms with Gasteiger partial charge in [0.1, 0.15) is 51.9 Å². The zero-order chi connectivity index (χ0) is 62.3. The van der Waals surface area contributed by atoms with Crippen LogP contribution in [0.4, 0.5) is 34.1 Å². The van der Waals surface area contributed by atoms with Crippen molar-refractivity contribution in [2.45, 2.75) is 91.6 Å². The number of nitrogen functional groups attached to an aromatic ring is 2. The molecule has 0 aliphatic heterocycles. The zero-order valence-corrected chi connectivity index (χ0v) is 48.6. The summed E-state index contributed by atoms with van der Waals surface area (Å²) < 4.78 is 52.1. The summed E-state index contributed by atoms with van der Waals surface area (Å²) in [7, 11) is 0. The van der Waals surface area contributed by atoms with Crippen molar-refractivity contribution in [3.63, 3.8) is 0 Å². The van der Waals surface area contributed by atoms with Crippen LogP contribution in [0, 0.1) is 17.5 Å². The van der Waals surface area contributed by atoms with Crippen molar-refractivity contribution in [1.82, 2.24) is 29.7 Å². The average Bonchev–Trinajstić information content (AvgIpc) is 3.57. The largest absolute Gasteiger partial charge is 0.480 e. The second kappa shape index (κ2) is 29.3. The molecule has 25 heteroatoms. The van der Waals surface area contributed by atoms with E-state index in [1.807, 2.05) is 0 Å². The Kier molecular flexibility index (Phi) is 23.6. The van der Waals surface area contributed by atoms with Crippen molar-refractivity contribution in [2.75, 3.05) is 11.5 Å². The molecule has 6 aromatic carbocycles. The van der Waals surface area contributed by atoms with E-state index in [0.29, 0.717) is 33.3 Å². The van der Waals surface area contributed by atoms with Gasteiger partial charge in [-0.2, -0.15) is 0 Å². The number of hydrogen-bond donors (Lipinski definition) is 7. The lowest BCUT2D eigenvalue weighted by atomic mass is 10.2. The zero-order valence-electron chi connectivity index (χ0n) is 46.3. The number of benzene rings is 6. The predicted molar refractivity (Wildman–Crippen MR) is 315 cm³/mol. The van der Waals surface area contributed by atoms with Crippen molar-refractivity contribution in [1.29, 1.82) is 0 Å². The quantitative estimate of drug-likeness (QED) is 0.0696. The molecule has 0 aliphatic carbocycles. The van der Waals surface area contributed by atoms with Crippen LogP contribution in [0.25, 0.3) is 33.2 Å². The van der Waals surface area contributed by atoms with Gasteiger partial charge in [-0.05, 0) is 153 Å². The number of amides is 2. The monoisotopic (exact) mass is 1210 g/mol. The molecule has 2 aromatic heterocycles. The van der Waals surface area contributed by atoms with E-state index in [2.05, 4.69) is 20.6 Å². The van der Waals surface area contributed by atoms with Gasteiger partial charge < -0.3 is 47.5 Å². The van der Waals surface area contributed by atoms with Crippen LogP contribution in [0.1, 0.15) is 96.4 Å². The molecule has 8 rings (SSSR count). The molecule has 0 radical (unpaired) electrons. The van der Waals surface area contributed by atoms with Gasteiger partial charge in [0, 0.05) is 11.4 Å². The number of nitrogens with one attached hydrogen (secondary N) is 2. The summed E-state index contributed by atoms with van der Waals surface area (Å²) in [6, 6.07) is 29.5. The number of fused-ring (bicyclic) bond motifs is 2. The number of carboxylic acid groups (broad SMARTS) is 2. The molecule has 83 heavy (non-hydrogen) atoms. The smallest absolute Gasteiger partial charge is 0.408 e. The second-order valence-electron chi connectivity index (χ2n) is 19.9. The summed E-state index contributed by atoms with van der Waals surface area (Å²) in [5.41, 5.74) is 16.5. The first-order chi connectivity index (χ1) is 38.7. The number of ether oxygens (including phenoxy) is 2. The van der Waals surface area contributed by atoms with Gasteiger partial charge >= 0.3 is 24.1 Å². The number of carbonyl (C=O) groups excluding carboxylic acids is 2. The molecule has 0 bridgehead atoms. The second-order valence-corrected chi connectivity index (χ2v) is 21.1. The highest BCUT2D eigenvalue weighted by molar-refractivity contribution is 6.35. The molecule has 0 fully saturated rings. The minimum Gasteiger partial charge on any atom is -0.480 e. The van der Waals surface area contributed by atoms with Crippen molar-refractivity contribution < 1.29 is 52.0 Å². The van der Waals surface area contributed by atoms with Gasteiger partial charge in [0.15, 0.2) is 0 Å². The lowest BCUT2D eigenvalue weighted by molar-refractivity contribution is -0.139. The fourth-order valence-corrected chi connectivity index (χ4v) is 7.87. The molecular weight excluding hydrogens is 1150 g/mol. The van der Waals surface area contributed by atoms with Gasteiger partial charge in [-0.1, -0.05) is 71.2 Å². The van der Waals surface area contributed by atoms with E-state index in [0.717, 1.165) is 0 Å². The number of carbonyl (C=O) groups is 4. The number of nitrogens with zero attached hydrogens (tertiary/aromatic N) is 4. The van der Waals surface area contributed by atoms with Crippen LogP contribution in [0.5, 0.6) is 0 Å². The number of aromatic carboxylic acids is 1. The van der Waals surface area contributed by atoms with Crippen LogP contribution >= 0.6 is 34.8 Å². The number of alkyl carbamates (subject to hydrolysis) is 2. The van der Waals surface area contributed by atoms with Crippen molar-refractivity contribution >= 4 is 92.1 Å². The van der Waals surface area contributed by atoms with Crippen LogP contribution in [0.3, 0.4) is 0 Å². The van der Waals surface area contributed by atoms with Gasteiger partial charge in [0.05, 0.1) is 60.3 Å². The molecular formula is C58H61Cl3F3N9O10. The maximum absolute atomic E-state index is 13.9. The minimum absolute atomic E-state index is 0.0332. The highest BCUT2D eigenvalue weighted by Crippen LogP contribution is 2.26. The highest BCUT2D eigenvalue weighted by atomic mass is 35.5. The summed E-state index contributed by atoms with van der Waals surface area (Å²) >= 11 is 17.9. The van der Waals surface area contributed by atoms with E-state index in [1.54, 1.807) is 122 Å². The maximum Gasteiger partial charge on any atom is 0.408 e. The Morgan fingerprint density at radius 2 is 0.976 bits per heavy atom. The molecule has 10 N–H and O–H groups in total. The first kappa shape index (κ1) is 66.8. The first-order valence-corrected chi connectivity index (χ1v) is 26.0. The van der Waals surface area contributed by atoms with E-state index < -0.39 is 70.6 Å². The van der Waals surface area contributed by atoms with E-state index in [4.69, 9.17) is 71.7 Å².